The van der Waals surface area contributed by atoms with E-state index in [2.05, 4.69) is 5.32 Å². The summed E-state index contributed by atoms with van der Waals surface area (Å²) in [5.74, 6) is -0.517. The number of anilines is 1. The smallest absolute Gasteiger partial charge is 0.255 e. The molecule has 0 aliphatic carbocycles. The first-order chi connectivity index (χ1) is 16.4. The number of nitrogens with zero attached hydrogens (tertiary/aromatic N) is 2. The molecule has 0 saturated carbocycles. The fraction of sp³-hybridized carbons (Fsp3) is 0.462. The number of likely N-dealkylation sites (tertiary alicyclic amines) is 1. The molecule has 4 rings (SSSR count). The second kappa shape index (κ2) is 11.1. The summed E-state index contributed by atoms with van der Waals surface area (Å²) in [5.41, 5.74) is 1.80. The molecule has 2 amide bonds. The van der Waals surface area contributed by atoms with Gasteiger partial charge in [0.05, 0.1) is 17.0 Å². The monoisotopic (exact) mass is 483 g/mol. The molecule has 0 aromatic heterocycles. The Labute approximate surface area is 202 Å². The summed E-state index contributed by atoms with van der Waals surface area (Å²) in [5, 5.41) is 2.95. The highest BCUT2D eigenvalue weighted by Gasteiger charge is 2.31. The quantitative estimate of drug-likeness (QED) is 0.676. The van der Waals surface area contributed by atoms with Crippen molar-refractivity contribution in [2.45, 2.75) is 44.3 Å². The van der Waals surface area contributed by atoms with Gasteiger partial charge in [-0.2, -0.15) is 0 Å². The molecule has 0 bridgehead atoms. The van der Waals surface area contributed by atoms with Crippen LogP contribution in [-0.2, 0) is 20.6 Å². The minimum absolute atomic E-state index is 0.0311. The first kappa shape index (κ1) is 24.4. The van der Waals surface area contributed by atoms with Crippen LogP contribution in [-0.4, -0.2) is 55.6 Å². The molecule has 182 valence electrons. The number of carbonyl (C=O) groups is 2. The molecule has 2 aromatic rings. The van der Waals surface area contributed by atoms with Crippen LogP contribution in [0.5, 0.6) is 0 Å². The number of para-hydroxylation sites is 1. The molecule has 0 radical (unpaired) electrons. The van der Waals surface area contributed by atoms with Crippen LogP contribution in [0.2, 0.25) is 0 Å². The van der Waals surface area contributed by atoms with Crippen molar-refractivity contribution in [3.63, 3.8) is 0 Å². The first-order valence-corrected chi connectivity index (χ1v) is 13.8. The average Bonchev–Trinajstić information content (AvgIpc) is 3.14. The van der Waals surface area contributed by atoms with Crippen molar-refractivity contribution in [2.75, 3.05) is 31.5 Å². The SMILES string of the molecule is O=C(Nc1ccccc1C(=O)N1CCCCCC1)C1CCN(S(=O)(=O)Cc2ccccc2)CC1. The number of rotatable bonds is 6. The summed E-state index contributed by atoms with van der Waals surface area (Å²) in [4.78, 5) is 28.0. The lowest BCUT2D eigenvalue weighted by Gasteiger charge is -2.30. The number of benzene rings is 2. The van der Waals surface area contributed by atoms with Crippen LogP contribution in [0.25, 0.3) is 0 Å². The van der Waals surface area contributed by atoms with Gasteiger partial charge in [-0.25, -0.2) is 12.7 Å². The van der Waals surface area contributed by atoms with Gasteiger partial charge in [0.25, 0.3) is 5.91 Å². The molecule has 34 heavy (non-hydrogen) atoms. The van der Waals surface area contributed by atoms with Crippen LogP contribution >= 0.6 is 0 Å². The molecule has 2 fully saturated rings. The zero-order valence-electron chi connectivity index (χ0n) is 19.5. The third-order valence-electron chi connectivity index (χ3n) is 6.72. The summed E-state index contributed by atoms with van der Waals surface area (Å²) in [6.07, 6.45) is 5.21. The van der Waals surface area contributed by atoms with Crippen LogP contribution in [0.3, 0.4) is 0 Å². The highest BCUT2D eigenvalue weighted by Crippen LogP contribution is 2.25. The second-order valence-electron chi connectivity index (χ2n) is 9.16. The predicted octanol–water partition coefficient (Wildman–Crippen LogP) is 3.88. The summed E-state index contributed by atoms with van der Waals surface area (Å²) >= 11 is 0. The van der Waals surface area contributed by atoms with E-state index in [1.165, 1.54) is 4.31 Å². The Morgan fingerprint density at radius 3 is 2.12 bits per heavy atom. The number of sulfonamides is 1. The third kappa shape index (κ3) is 6.04. The van der Waals surface area contributed by atoms with Gasteiger partial charge in [-0.3, -0.25) is 9.59 Å². The van der Waals surface area contributed by atoms with E-state index in [1.54, 1.807) is 12.1 Å². The summed E-state index contributed by atoms with van der Waals surface area (Å²) in [7, 11) is -3.43. The van der Waals surface area contributed by atoms with Gasteiger partial charge in [0, 0.05) is 32.1 Å². The lowest BCUT2D eigenvalue weighted by atomic mass is 9.97. The largest absolute Gasteiger partial charge is 0.339 e. The first-order valence-electron chi connectivity index (χ1n) is 12.1. The highest BCUT2D eigenvalue weighted by molar-refractivity contribution is 7.88. The van der Waals surface area contributed by atoms with Gasteiger partial charge >= 0.3 is 0 Å². The summed E-state index contributed by atoms with van der Waals surface area (Å²) in [6, 6.07) is 16.3. The Balaban J connectivity index is 1.36. The Bertz CT molecular complexity index is 1090. The van der Waals surface area contributed by atoms with E-state index < -0.39 is 10.0 Å². The van der Waals surface area contributed by atoms with Gasteiger partial charge in [0.2, 0.25) is 15.9 Å². The van der Waals surface area contributed by atoms with E-state index in [4.69, 9.17) is 0 Å². The fourth-order valence-corrected chi connectivity index (χ4v) is 6.29. The Kier molecular flexibility index (Phi) is 8.00. The standard InChI is InChI=1S/C26H33N3O4S/c30-25(22-14-18-29(19-15-22)34(32,33)20-21-10-4-3-5-11-21)27-24-13-7-6-12-23(24)26(31)28-16-8-1-2-9-17-28/h3-7,10-13,22H,1-2,8-9,14-20H2,(H,27,30). The van der Waals surface area contributed by atoms with Crippen molar-refractivity contribution in [2.24, 2.45) is 5.92 Å². The summed E-state index contributed by atoms with van der Waals surface area (Å²) < 4.78 is 27.1. The van der Waals surface area contributed by atoms with Gasteiger partial charge in [-0.15, -0.1) is 0 Å². The van der Waals surface area contributed by atoms with Gasteiger partial charge in [-0.1, -0.05) is 55.3 Å². The lowest BCUT2D eigenvalue weighted by Crippen LogP contribution is -2.42. The van der Waals surface area contributed by atoms with Crippen LogP contribution in [0, 0.1) is 5.92 Å². The van der Waals surface area contributed by atoms with Crippen LogP contribution in [0.4, 0.5) is 5.69 Å². The average molecular weight is 484 g/mol. The predicted molar refractivity (Wildman–Crippen MR) is 133 cm³/mol. The normalized spacial score (nSPS) is 18.3. The number of nitrogens with one attached hydrogen (secondary N) is 1. The number of hydrogen-bond donors (Lipinski definition) is 1. The van der Waals surface area contributed by atoms with E-state index in [9.17, 15) is 18.0 Å². The molecule has 2 aliphatic rings. The molecule has 2 heterocycles. The van der Waals surface area contributed by atoms with Crippen molar-refractivity contribution in [1.82, 2.24) is 9.21 Å². The molecule has 8 heteroatoms. The minimum atomic E-state index is -3.43. The minimum Gasteiger partial charge on any atom is -0.339 e. The van der Waals surface area contributed by atoms with Gasteiger partial charge < -0.3 is 10.2 Å². The zero-order valence-corrected chi connectivity index (χ0v) is 20.3. The maximum absolute atomic E-state index is 13.1. The van der Waals surface area contributed by atoms with E-state index in [0.717, 1.165) is 44.3 Å². The van der Waals surface area contributed by atoms with Crippen LogP contribution in [0.15, 0.2) is 54.6 Å². The topological polar surface area (TPSA) is 86.8 Å². The third-order valence-corrected chi connectivity index (χ3v) is 8.57. The molecule has 2 saturated heterocycles. The number of hydrogen-bond acceptors (Lipinski definition) is 4. The fourth-order valence-electron chi connectivity index (χ4n) is 4.73. The Morgan fingerprint density at radius 2 is 1.44 bits per heavy atom. The van der Waals surface area contributed by atoms with E-state index in [-0.39, 0.29) is 23.5 Å². The van der Waals surface area contributed by atoms with Crippen LogP contribution < -0.4 is 5.32 Å². The van der Waals surface area contributed by atoms with Crippen molar-refractivity contribution in [1.29, 1.82) is 0 Å². The molecular formula is C26H33N3O4S. The molecule has 7 nitrogen and oxygen atoms in total. The van der Waals surface area contributed by atoms with E-state index in [0.29, 0.717) is 37.2 Å². The molecule has 0 atom stereocenters. The van der Waals surface area contributed by atoms with Crippen molar-refractivity contribution in [3.8, 4) is 0 Å². The number of piperidine rings is 1. The van der Waals surface area contributed by atoms with E-state index >= 15 is 0 Å². The van der Waals surface area contributed by atoms with Crippen molar-refractivity contribution >= 4 is 27.5 Å². The highest BCUT2D eigenvalue weighted by atomic mass is 32.2. The zero-order chi connectivity index (χ0) is 24.0. The van der Waals surface area contributed by atoms with Gasteiger partial charge in [0.15, 0.2) is 0 Å². The van der Waals surface area contributed by atoms with Crippen LogP contribution in [0.1, 0.15) is 54.4 Å². The number of carbonyl (C=O) groups excluding carboxylic acids is 2. The lowest BCUT2D eigenvalue weighted by molar-refractivity contribution is -0.120. The van der Waals surface area contributed by atoms with Gasteiger partial charge in [-0.05, 0) is 43.4 Å². The maximum Gasteiger partial charge on any atom is 0.255 e. The molecule has 0 spiro atoms. The van der Waals surface area contributed by atoms with Gasteiger partial charge in [0.1, 0.15) is 0 Å². The number of amides is 2. The Morgan fingerprint density at radius 1 is 0.824 bits per heavy atom. The molecule has 2 aromatic carbocycles. The maximum atomic E-state index is 13.1. The Hall–Kier alpha value is -2.71. The molecular weight excluding hydrogens is 450 g/mol. The van der Waals surface area contributed by atoms with Crippen molar-refractivity contribution < 1.29 is 18.0 Å². The summed E-state index contributed by atoms with van der Waals surface area (Å²) in [6.45, 7) is 2.14. The molecule has 0 unspecified atom stereocenters. The van der Waals surface area contributed by atoms with Crippen molar-refractivity contribution in [3.05, 3.63) is 65.7 Å². The molecule has 1 N–H and O–H groups in total. The molecule has 2 aliphatic heterocycles. The van der Waals surface area contributed by atoms with E-state index in [1.807, 2.05) is 47.4 Å². The second-order valence-corrected chi connectivity index (χ2v) is 11.1.